The zero-order valence-electron chi connectivity index (χ0n) is 11.1. The molecule has 2 rings (SSSR count). The van der Waals surface area contributed by atoms with Gasteiger partial charge in [-0.3, -0.25) is 4.90 Å². The highest BCUT2D eigenvalue weighted by molar-refractivity contribution is 5.88. The Morgan fingerprint density at radius 3 is 2.67 bits per heavy atom. The van der Waals surface area contributed by atoms with Crippen LogP contribution < -0.4 is 0 Å². The van der Waals surface area contributed by atoms with Gasteiger partial charge in [0.2, 0.25) is 0 Å². The summed E-state index contributed by atoms with van der Waals surface area (Å²) in [7, 11) is 0. The Bertz CT molecular complexity index is 419. The first-order chi connectivity index (χ1) is 8.61. The number of rotatable bonds is 5. The summed E-state index contributed by atoms with van der Waals surface area (Å²) in [5, 5.41) is 9.01. The predicted molar refractivity (Wildman–Crippen MR) is 68.7 cm³/mol. The molecule has 0 saturated heterocycles. The van der Waals surface area contributed by atoms with E-state index < -0.39 is 5.97 Å². The molecule has 0 unspecified atom stereocenters. The van der Waals surface area contributed by atoms with E-state index in [-0.39, 0.29) is 5.56 Å². The van der Waals surface area contributed by atoms with Crippen LogP contribution in [0.2, 0.25) is 0 Å². The Morgan fingerprint density at radius 1 is 1.50 bits per heavy atom. The molecule has 1 N–H and O–H groups in total. The van der Waals surface area contributed by atoms with Crippen LogP contribution in [0.3, 0.4) is 0 Å². The van der Waals surface area contributed by atoms with Crippen LogP contribution in [0, 0.1) is 6.92 Å². The van der Waals surface area contributed by atoms with E-state index in [4.69, 9.17) is 9.52 Å². The lowest BCUT2D eigenvalue weighted by Gasteiger charge is -2.26. The van der Waals surface area contributed by atoms with E-state index in [1.54, 1.807) is 13.0 Å². The van der Waals surface area contributed by atoms with Gasteiger partial charge in [0.05, 0.1) is 6.54 Å². The average molecular weight is 251 g/mol. The monoisotopic (exact) mass is 251 g/mol. The predicted octanol–water partition coefficient (Wildman–Crippen LogP) is 3.05. The maximum atomic E-state index is 11.0. The number of furan rings is 1. The standard InChI is InChI=1S/C14H21NO3/c1-3-15(11-6-4-5-7-11)9-12-8-13(14(16)17)10(2)18-12/h8,11H,3-7,9H2,1-2H3,(H,16,17). The third-order valence-electron chi connectivity index (χ3n) is 3.81. The zero-order valence-corrected chi connectivity index (χ0v) is 11.1. The van der Waals surface area contributed by atoms with Gasteiger partial charge in [0.25, 0.3) is 0 Å². The number of aromatic carboxylic acids is 1. The molecule has 1 fully saturated rings. The van der Waals surface area contributed by atoms with E-state index >= 15 is 0 Å². The van der Waals surface area contributed by atoms with E-state index in [0.717, 1.165) is 18.8 Å². The van der Waals surface area contributed by atoms with Crippen LogP contribution in [0.4, 0.5) is 0 Å². The second kappa shape index (κ2) is 5.57. The molecule has 1 saturated carbocycles. The minimum absolute atomic E-state index is 0.285. The molecule has 0 aliphatic heterocycles. The second-order valence-corrected chi connectivity index (χ2v) is 4.99. The Labute approximate surface area is 108 Å². The maximum Gasteiger partial charge on any atom is 0.339 e. The highest BCUT2D eigenvalue weighted by Crippen LogP contribution is 2.25. The van der Waals surface area contributed by atoms with Crippen molar-refractivity contribution in [3.05, 3.63) is 23.2 Å². The van der Waals surface area contributed by atoms with Gasteiger partial charge >= 0.3 is 5.97 Å². The molecule has 1 aliphatic rings. The van der Waals surface area contributed by atoms with Gasteiger partial charge in [-0.2, -0.15) is 0 Å². The van der Waals surface area contributed by atoms with Crippen LogP contribution in [0.5, 0.6) is 0 Å². The van der Waals surface area contributed by atoms with E-state index in [9.17, 15) is 4.79 Å². The van der Waals surface area contributed by atoms with Gasteiger partial charge in [0.15, 0.2) is 0 Å². The molecule has 1 aromatic rings. The number of carboxylic acid groups (broad SMARTS) is 1. The topological polar surface area (TPSA) is 53.7 Å². The Hall–Kier alpha value is -1.29. The third kappa shape index (κ3) is 2.75. The molecule has 4 nitrogen and oxygen atoms in total. The lowest BCUT2D eigenvalue weighted by atomic mass is 10.2. The third-order valence-corrected chi connectivity index (χ3v) is 3.81. The first kappa shape index (κ1) is 13.1. The van der Waals surface area contributed by atoms with Crippen molar-refractivity contribution in [1.82, 2.24) is 4.90 Å². The lowest BCUT2D eigenvalue weighted by Crippen LogP contribution is -2.32. The smallest absolute Gasteiger partial charge is 0.339 e. The normalized spacial score (nSPS) is 16.6. The molecule has 0 spiro atoms. The molecule has 4 heteroatoms. The van der Waals surface area contributed by atoms with Gasteiger partial charge in [0, 0.05) is 6.04 Å². The van der Waals surface area contributed by atoms with E-state index in [1.807, 2.05) is 0 Å². The fraction of sp³-hybridized carbons (Fsp3) is 0.643. The summed E-state index contributed by atoms with van der Waals surface area (Å²) in [6.45, 7) is 5.55. The van der Waals surface area contributed by atoms with Crippen molar-refractivity contribution in [2.75, 3.05) is 6.54 Å². The number of hydrogen-bond acceptors (Lipinski definition) is 3. The van der Waals surface area contributed by atoms with Crippen LogP contribution in [0.15, 0.2) is 10.5 Å². The molecular weight excluding hydrogens is 230 g/mol. The number of aryl methyl sites for hydroxylation is 1. The zero-order chi connectivity index (χ0) is 13.1. The van der Waals surface area contributed by atoms with Gasteiger partial charge in [-0.1, -0.05) is 19.8 Å². The minimum atomic E-state index is -0.911. The van der Waals surface area contributed by atoms with Gasteiger partial charge in [-0.05, 0) is 32.4 Å². The van der Waals surface area contributed by atoms with Crippen molar-refractivity contribution in [2.24, 2.45) is 0 Å². The first-order valence-electron chi connectivity index (χ1n) is 6.68. The molecule has 0 aromatic carbocycles. The molecule has 1 aromatic heterocycles. The van der Waals surface area contributed by atoms with E-state index in [2.05, 4.69) is 11.8 Å². The Balaban J connectivity index is 2.07. The summed E-state index contributed by atoms with van der Waals surface area (Å²) < 4.78 is 5.55. The molecule has 0 atom stereocenters. The quantitative estimate of drug-likeness (QED) is 0.873. The number of carbonyl (C=O) groups is 1. The molecule has 18 heavy (non-hydrogen) atoms. The summed E-state index contributed by atoms with van der Waals surface area (Å²) in [6, 6.07) is 2.30. The molecule has 0 bridgehead atoms. The molecule has 0 radical (unpaired) electrons. The van der Waals surface area contributed by atoms with Gasteiger partial charge in [-0.25, -0.2) is 4.79 Å². The number of carboxylic acids is 1. The lowest BCUT2D eigenvalue weighted by molar-refractivity contribution is 0.0695. The fourth-order valence-corrected chi connectivity index (χ4v) is 2.80. The Morgan fingerprint density at radius 2 is 2.17 bits per heavy atom. The molecule has 1 heterocycles. The summed E-state index contributed by atoms with van der Waals surface area (Å²) in [5.41, 5.74) is 0.285. The summed E-state index contributed by atoms with van der Waals surface area (Å²) in [4.78, 5) is 13.4. The van der Waals surface area contributed by atoms with Crippen LogP contribution in [0.1, 0.15) is 54.5 Å². The molecule has 1 aliphatic carbocycles. The van der Waals surface area contributed by atoms with Crippen LogP contribution >= 0.6 is 0 Å². The number of hydrogen-bond donors (Lipinski definition) is 1. The van der Waals surface area contributed by atoms with Gasteiger partial charge in [-0.15, -0.1) is 0 Å². The van der Waals surface area contributed by atoms with E-state index in [1.165, 1.54) is 25.7 Å². The largest absolute Gasteiger partial charge is 0.478 e. The number of nitrogens with zero attached hydrogens (tertiary/aromatic N) is 1. The van der Waals surface area contributed by atoms with Crippen molar-refractivity contribution in [2.45, 2.75) is 52.1 Å². The van der Waals surface area contributed by atoms with Gasteiger partial charge < -0.3 is 9.52 Å². The highest BCUT2D eigenvalue weighted by atomic mass is 16.4. The van der Waals surface area contributed by atoms with Crippen LogP contribution in [-0.4, -0.2) is 28.6 Å². The average Bonchev–Trinajstić information content (AvgIpc) is 2.95. The molecule has 100 valence electrons. The van der Waals surface area contributed by atoms with Crippen molar-refractivity contribution in [3.63, 3.8) is 0 Å². The molecule has 0 amide bonds. The van der Waals surface area contributed by atoms with Crippen molar-refractivity contribution in [3.8, 4) is 0 Å². The summed E-state index contributed by atoms with van der Waals surface area (Å²) >= 11 is 0. The summed E-state index contributed by atoms with van der Waals surface area (Å²) in [6.07, 6.45) is 5.11. The summed E-state index contributed by atoms with van der Waals surface area (Å²) in [5.74, 6) is 0.352. The van der Waals surface area contributed by atoms with Gasteiger partial charge in [0.1, 0.15) is 17.1 Å². The second-order valence-electron chi connectivity index (χ2n) is 4.99. The van der Waals surface area contributed by atoms with Crippen molar-refractivity contribution >= 4 is 5.97 Å². The fourth-order valence-electron chi connectivity index (χ4n) is 2.80. The van der Waals surface area contributed by atoms with Crippen molar-refractivity contribution < 1.29 is 14.3 Å². The van der Waals surface area contributed by atoms with Crippen LogP contribution in [-0.2, 0) is 6.54 Å². The van der Waals surface area contributed by atoms with E-state index in [0.29, 0.717) is 11.8 Å². The first-order valence-corrected chi connectivity index (χ1v) is 6.68. The van der Waals surface area contributed by atoms with Crippen LogP contribution in [0.25, 0.3) is 0 Å². The molecular formula is C14H21NO3. The maximum absolute atomic E-state index is 11.0. The minimum Gasteiger partial charge on any atom is -0.478 e. The van der Waals surface area contributed by atoms with Crippen molar-refractivity contribution in [1.29, 1.82) is 0 Å². The Kier molecular flexibility index (Phi) is 4.07. The SMILES string of the molecule is CCN(Cc1cc(C(=O)O)c(C)o1)C1CCCC1. The highest BCUT2D eigenvalue weighted by Gasteiger charge is 2.23.